The minimum absolute atomic E-state index is 0.0962. The summed E-state index contributed by atoms with van der Waals surface area (Å²) in [5.41, 5.74) is 1.58. The van der Waals surface area contributed by atoms with E-state index in [1.165, 1.54) is 0 Å². The predicted molar refractivity (Wildman–Crippen MR) is 81.7 cm³/mol. The molecule has 0 aliphatic rings. The summed E-state index contributed by atoms with van der Waals surface area (Å²) in [7, 11) is 0. The summed E-state index contributed by atoms with van der Waals surface area (Å²) in [4.78, 5) is 29.2. The summed E-state index contributed by atoms with van der Waals surface area (Å²) in [6.45, 7) is 11.2. The van der Waals surface area contributed by atoms with Gasteiger partial charge in [-0.1, -0.05) is 13.8 Å². The van der Waals surface area contributed by atoms with E-state index in [0.717, 1.165) is 31.7 Å². The minimum Gasteiger partial charge on any atom is -0.481 e. The highest BCUT2D eigenvalue weighted by Crippen LogP contribution is 2.11. The van der Waals surface area contributed by atoms with Crippen molar-refractivity contribution < 1.29 is 9.90 Å². The van der Waals surface area contributed by atoms with Crippen molar-refractivity contribution >= 4 is 5.97 Å². The van der Waals surface area contributed by atoms with Crippen LogP contribution in [0.1, 0.15) is 37.2 Å². The van der Waals surface area contributed by atoms with Crippen molar-refractivity contribution in [3.63, 3.8) is 0 Å². The highest BCUT2D eigenvalue weighted by Gasteiger charge is 2.14. The molecule has 6 heteroatoms. The zero-order valence-electron chi connectivity index (χ0n) is 13.3. The van der Waals surface area contributed by atoms with Gasteiger partial charge in [0.25, 0.3) is 0 Å². The quantitative estimate of drug-likeness (QED) is 0.780. The van der Waals surface area contributed by atoms with Crippen LogP contribution >= 0.6 is 0 Å². The van der Waals surface area contributed by atoms with Crippen LogP contribution in [0, 0.1) is 13.8 Å². The van der Waals surface area contributed by atoms with Gasteiger partial charge in [-0.05, 0) is 39.9 Å². The van der Waals surface area contributed by atoms with Gasteiger partial charge in [0.05, 0.1) is 6.42 Å². The topological polar surface area (TPSA) is 75.4 Å². The molecule has 118 valence electrons. The lowest BCUT2D eigenvalue weighted by atomic mass is 10.1. The third-order valence-electron chi connectivity index (χ3n) is 3.85. The summed E-state index contributed by atoms with van der Waals surface area (Å²) < 4.78 is 1.59. The third-order valence-corrected chi connectivity index (χ3v) is 3.85. The number of rotatable bonds is 8. The molecule has 0 spiro atoms. The molecule has 1 aromatic heterocycles. The fourth-order valence-electron chi connectivity index (χ4n) is 2.50. The van der Waals surface area contributed by atoms with E-state index in [1.54, 1.807) is 18.4 Å². The number of carbonyl (C=O) groups is 1. The fourth-order valence-corrected chi connectivity index (χ4v) is 2.50. The number of aryl methyl sites for hydroxylation is 1. The highest BCUT2D eigenvalue weighted by molar-refractivity contribution is 5.70. The van der Waals surface area contributed by atoms with Gasteiger partial charge in [0.2, 0.25) is 0 Å². The molecule has 0 amide bonds. The molecule has 21 heavy (non-hydrogen) atoms. The van der Waals surface area contributed by atoms with Crippen LogP contribution in [0.5, 0.6) is 0 Å². The van der Waals surface area contributed by atoms with Crippen LogP contribution in [-0.4, -0.2) is 45.2 Å². The first kappa shape index (κ1) is 17.4. The second-order valence-electron chi connectivity index (χ2n) is 5.15. The van der Waals surface area contributed by atoms with Gasteiger partial charge in [0.1, 0.15) is 0 Å². The van der Waals surface area contributed by atoms with Crippen molar-refractivity contribution in [3.05, 3.63) is 27.4 Å². The first-order chi connectivity index (χ1) is 9.90. The number of hydrogen-bond donors (Lipinski definition) is 1. The molecule has 0 bridgehead atoms. The number of carboxylic acids is 1. The standard InChI is InChI=1S/C15H25N3O3/c1-5-17(6-2)8-7-9-18-12(4)13(10-14(19)20)11(3)16-15(18)21/h5-10H2,1-4H3,(H,19,20). The predicted octanol–water partition coefficient (Wildman–Crippen LogP) is 1.22. The van der Waals surface area contributed by atoms with E-state index < -0.39 is 5.97 Å². The molecule has 0 aromatic carbocycles. The van der Waals surface area contributed by atoms with Crippen molar-refractivity contribution in [1.29, 1.82) is 0 Å². The Bertz CT molecular complexity index is 548. The summed E-state index contributed by atoms with van der Waals surface area (Å²) in [5, 5.41) is 8.97. The Labute approximate surface area is 125 Å². The zero-order chi connectivity index (χ0) is 16.0. The molecule has 0 atom stereocenters. The van der Waals surface area contributed by atoms with Crippen molar-refractivity contribution in [1.82, 2.24) is 14.5 Å². The lowest BCUT2D eigenvalue weighted by Gasteiger charge is -2.19. The van der Waals surface area contributed by atoms with E-state index in [-0.39, 0.29) is 12.1 Å². The van der Waals surface area contributed by atoms with Gasteiger partial charge in [0, 0.05) is 23.5 Å². The highest BCUT2D eigenvalue weighted by atomic mass is 16.4. The molecule has 0 fully saturated rings. The van der Waals surface area contributed by atoms with Gasteiger partial charge in [-0.3, -0.25) is 9.36 Å². The Kier molecular flexibility index (Phi) is 6.55. The van der Waals surface area contributed by atoms with Crippen LogP contribution < -0.4 is 5.69 Å². The molecule has 0 aliphatic carbocycles. The van der Waals surface area contributed by atoms with E-state index in [9.17, 15) is 9.59 Å². The van der Waals surface area contributed by atoms with Gasteiger partial charge >= 0.3 is 11.7 Å². The van der Waals surface area contributed by atoms with E-state index >= 15 is 0 Å². The molecule has 1 N–H and O–H groups in total. The van der Waals surface area contributed by atoms with Crippen LogP contribution in [-0.2, 0) is 17.8 Å². The maximum absolute atomic E-state index is 12.0. The number of nitrogens with zero attached hydrogens (tertiary/aromatic N) is 3. The average Bonchev–Trinajstić information content (AvgIpc) is 2.42. The monoisotopic (exact) mass is 295 g/mol. The summed E-state index contributed by atoms with van der Waals surface area (Å²) in [5.74, 6) is -0.906. The van der Waals surface area contributed by atoms with Crippen molar-refractivity contribution in [3.8, 4) is 0 Å². The van der Waals surface area contributed by atoms with Gasteiger partial charge in [-0.2, -0.15) is 4.98 Å². The average molecular weight is 295 g/mol. The number of aliphatic carboxylic acids is 1. The van der Waals surface area contributed by atoms with Gasteiger partial charge in [0.15, 0.2) is 0 Å². The largest absolute Gasteiger partial charge is 0.481 e. The molecule has 0 saturated heterocycles. The number of aromatic nitrogens is 2. The fraction of sp³-hybridized carbons (Fsp3) is 0.667. The molecular formula is C15H25N3O3. The first-order valence-corrected chi connectivity index (χ1v) is 7.41. The Hall–Kier alpha value is -1.69. The molecular weight excluding hydrogens is 270 g/mol. The van der Waals surface area contributed by atoms with E-state index in [0.29, 0.717) is 17.8 Å². The molecule has 6 nitrogen and oxygen atoms in total. The van der Waals surface area contributed by atoms with Crippen LogP contribution in [0.15, 0.2) is 4.79 Å². The van der Waals surface area contributed by atoms with Crippen molar-refractivity contribution in [2.45, 2.75) is 47.1 Å². The van der Waals surface area contributed by atoms with E-state index in [1.807, 2.05) is 0 Å². The maximum atomic E-state index is 12.0. The summed E-state index contributed by atoms with van der Waals surface area (Å²) >= 11 is 0. The second kappa shape index (κ2) is 7.93. The van der Waals surface area contributed by atoms with Crippen molar-refractivity contribution in [2.75, 3.05) is 19.6 Å². The molecule has 1 heterocycles. The maximum Gasteiger partial charge on any atom is 0.347 e. The Balaban J connectivity index is 2.91. The molecule has 0 unspecified atom stereocenters. The number of carboxylic acid groups (broad SMARTS) is 1. The Morgan fingerprint density at radius 3 is 2.43 bits per heavy atom. The lowest BCUT2D eigenvalue weighted by Crippen LogP contribution is -2.31. The summed E-state index contributed by atoms with van der Waals surface area (Å²) in [6.07, 6.45) is 0.751. The van der Waals surface area contributed by atoms with E-state index in [4.69, 9.17) is 5.11 Å². The van der Waals surface area contributed by atoms with Gasteiger partial charge < -0.3 is 10.0 Å². The molecule has 0 saturated carbocycles. The molecule has 1 rings (SSSR count). The second-order valence-corrected chi connectivity index (χ2v) is 5.15. The van der Waals surface area contributed by atoms with Gasteiger partial charge in [-0.15, -0.1) is 0 Å². The van der Waals surface area contributed by atoms with E-state index in [2.05, 4.69) is 23.7 Å². The van der Waals surface area contributed by atoms with Crippen molar-refractivity contribution in [2.24, 2.45) is 0 Å². The number of hydrogen-bond acceptors (Lipinski definition) is 4. The van der Waals surface area contributed by atoms with Crippen LogP contribution in [0.3, 0.4) is 0 Å². The molecule has 1 aromatic rings. The Morgan fingerprint density at radius 2 is 1.90 bits per heavy atom. The normalized spacial score (nSPS) is 11.1. The lowest BCUT2D eigenvalue weighted by molar-refractivity contribution is -0.136. The Morgan fingerprint density at radius 1 is 1.29 bits per heavy atom. The third kappa shape index (κ3) is 4.67. The first-order valence-electron chi connectivity index (χ1n) is 7.41. The van der Waals surface area contributed by atoms with Crippen LogP contribution in [0.25, 0.3) is 0 Å². The molecule has 0 aliphatic heterocycles. The summed E-state index contributed by atoms with van der Waals surface area (Å²) in [6, 6.07) is 0. The smallest absolute Gasteiger partial charge is 0.347 e. The zero-order valence-corrected chi connectivity index (χ0v) is 13.3. The van der Waals surface area contributed by atoms with Crippen LogP contribution in [0.4, 0.5) is 0 Å². The minimum atomic E-state index is -0.906. The van der Waals surface area contributed by atoms with Crippen LogP contribution in [0.2, 0.25) is 0 Å². The van der Waals surface area contributed by atoms with Gasteiger partial charge in [-0.25, -0.2) is 4.79 Å². The SMILES string of the molecule is CCN(CC)CCCn1c(C)c(CC(=O)O)c(C)nc1=O. The molecule has 0 radical (unpaired) electrons.